The van der Waals surface area contributed by atoms with E-state index in [9.17, 15) is 4.79 Å². The van der Waals surface area contributed by atoms with E-state index in [4.69, 9.17) is 19.2 Å². The van der Waals surface area contributed by atoms with Gasteiger partial charge < -0.3 is 18.8 Å². The summed E-state index contributed by atoms with van der Waals surface area (Å²) >= 11 is 0. The number of hydrogen-bond donors (Lipinski definition) is 0. The maximum atomic E-state index is 12.2. The summed E-state index contributed by atoms with van der Waals surface area (Å²) in [4.78, 5) is 19.6. The Bertz CT molecular complexity index is 1460. The maximum absolute atomic E-state index is 12.2. The van der Waals surface area contributed by atoms with Gasteiger partial charge in [0.05, 0.1) is 42.9 Å². The normalized spacial score (nSPS) is 17.2. The SMILES string of the molecule is COC(=O)c1ccc2nc(CN3CCc4ccc(OCc5ccc(C)cc5)cc4C3)n(C[C@@H]3CCO3)c2c1. The fourth-order valence-corrected chi connectivity index (χ4v) is 5.24. The molecule has 1 atom stereocenters. The van der Waals surface area contributed by atoms with E-state index in [2.05, 4.69) is 58.9 Å². The predicted molar refractivity (Wildman–Crippen MR) is 145 cm³/mol. The Morgan fingerprint density at radius 3 is 2.68 bits per heavy atom. The van der Waals surface area contributed by atoms with E-state index in [-0.39, 0.29) is 12.1 Å². The van der Waals surface area contributed by atoms with Crippen LogP contribution in [0.25, 0.3) is 11.0 Å². The van der Waals surface area contributed by atoms with Gasteiger partial charge in [-0.05, 0) is 66.8 Å². The van der Waals surface area contributed by atoms with Crippen LogP contribution < -0.4 is 4.74 Å². The largest absolute Gasteiger partial charge is 0.489 e. The van der Waals surface area contributed by atoms with Crippen LogP contribution in [-0.4, -0.2) is 46.8 Å². The van der Waals surface area contributed by atoms with E-state index in [1.54, 1.807) is 6.07 Å². The zero-order valence-electron chi connectivity index (χ0n) is 22.0. The number of benzene rings is 3. The molecule has 3 heterocycles. The molecule has 1 saturated heterocycles. The molecule has 196 valence electrons. The van der Waals surface area contributed by atoms with Crippen LogP contribution in [-0.2, 0) is 42.1 Å². The van der Waals surface area contributed by atoms with E-state index in [0.717, 1.165) is 68.2 Å². The summed E-state index contributed by atoms with van der Waals surface area (Å²) in [6.45, 7) is 6.72. The molecule has 1 fully saturated rings. The van der Waals surface area contributed by atoms with Gasteiger partial charge in [0.2, 0.25) is 0 Å². The lowest BCUT2D eigenvalue weighted by Crippen LogP contribution is -2.34. The molecule has 38 heavy (non-hydrogen) atoms. The Kier molecular flexibility index (Phi) is 6.87. The Balaban J connectivity index is 1.20. The molecule has 0 bridgehead atoms. The van der Waals surface area contributed by atoms with Crippen LogP contribution in [0.1, 0.15) is 44.9 Å². The quantitative estimate of drug-likeness (QED) is 0.308. The third-order valence-corrected chi connectivity index (χ3v) is 7.59. The summed E-state index contributed by atoms with van der Waals surface area (Å²) < 4.78 is 19.0. The number of hydrogen-bond acceptors (Lipinski definition) is 6. The van der Waals surface area contributed by atoms with Gasteiger partial charge in [-0.3, -0.25) is 4.90 Å². The standard InChI is InChI=1S/C31H33N3O4/c1-21-3-5-22(6-4-21)20-38-26-9-7-23-11-13-33(17-25(23)15-26)19-30-32-28-10-8-24(31(35)36-2)16-29(28)34(30)18-27-12-14-37-27/h3-10,15-16,27H,11-14,17-20H2,1-2H3/t27-/m0/s1. The average molecular weight is 512 g/mol. The fraction of sp³-hybridized carbons (Fsp3) is 0.355. The molecule has 0 aliphatic carbocycles. The van der Waals surface area contributed by atoms with E-state index < -0.39 is 0 Å². The van der Waals surface area contributed by atoms with Gasteiger partial charge in [-0.15, -0.1) is 0 Å². The van der Waals surface area contributed by atoms with Crippen LogP contribution in [0.15, 0.2) is 60.7 Å². The topological polar surface area (TPSA) is 65.8 Å². The van der Waals surface area contributed by atoms with E-state index in [1.807, 2.05) is 12.1 Å². The number of methoxy groups -OCH3 is 1. The van der Waals surface area contributed by atoms with Crippen LogP contribution in [0, 0.1) is 6.92 Å². The van der Waals surface area contributed by atoms with Crippen LogP contribution in [0.4, 0.5) is 0 Å². The number of carbonyl (C=O) groups is 1. The molecule has 0 saturated carbocycles. The number of aryl methyl sites for hydroxylation is 1. The van der Waals surface area contributed by atoms with Gasteiger partial charge in [0.25, 0.3) is 0 Å². The molecular formula is C31H33N3O4. The van der Waals surface area contributed by atoms with Crippen LogP contribution >= 0.6 is 0 Å². The summed E-state index contributed by atoms with van der Waals surface area (Å²) in [5, 5.41) is 0. The first-order chi connectivity index (χ1) is 18.6. The van der Waals surface area contributed by atoms with E-state index in [1.165, 1.54) is 29.4 Å². The number of esters is 1. The highest BCUT2D eigenvalue weighted by Gasteiger charge is 2.25. The Morgan fingerprint density at radius 1 is 1.08 bits per heavy atom. The van der Waals surface area contributed by atoms with Crippen molar-refractivity contribution in [3.8, 4) is 5.75 Å². The number of nitrogens with zero attached hydrogens (tertiary/aromatic N) is 3. The molecule has 0 amide bonds. The highest BCUT2D eigenvalue weighted by atomic mass is 16.5. The van der Waals surface area contributed by atoms with Crippen molar-refractivity contribution in [3.05, 3.63) is 94.3 Å². The molecule has 0 unspecified atom stereocenters. The summed E-state index contributed by atoms with van der Waals surface area (Å²) in [7, 11) is 1.41. The number of carbonyl (C=O) groups excluding carboxylic acids is 1. The van der Waals surface area contributed by atoms with Crippen molar-refractivity contribution in [2.24, 2.45) is 0 Å². The number of rotatable bonds is 8. The second-order valence-electron chi connectivity index (χ2n) is 10.3. The second-order valence-corrected chi connectivity index (χ2v) is 10.3. The number of ether oxygens (including phenoxy) is 3. The number of imidazole rings is 1. The zero-order valence-corrected chi connectivity index (χ0v) is 22.0. The minimum Gasteiger partial charge on any atom is -0.489 e. The minimum atomic E-state index is -0.339. The smallest absolute Gasteiger partial charge is 0.337 e. The lowest BCUT2D eigenvalue weighted by molar-refractivity contribution is -0.0592. The molecule has 6 rings (SSSR count). The minimum absolute atomic E-state index is 0.184. The van der Waals surface area contributed by atoms with Gasteiger partial charge in [0.1, 0.15) is 18.2 Å². The van der Waals surface area contributed by atoms with Crippen molar-refractivity contribution in [1.29, 1.82) is 0 Å². The van der Waals surface area contributed by atoms with Crippen molar-refractivity contribution in [2.45, 2.75) is 52.1 Å². The molecule has 3 aromatic carbocycles. The number of aromatic nitrogens is 2. The Hall–Kier alpha value is -3.68. The molecule has 2 aliphatic heterocycles. The molecule has 0 spiro atoms. The molecule has 0 radical (unpaired) electrons. The third kappa shape index (κ3) is 5.17. The van der Waals surface area contributed by atoms with Crippen LogP contribution in [0.3, 0.4) is 0 Å². The third-order valence-electron chi connectivity index (χ3n) is 7.59. The molecule has 7 nitrogen and oxygen atoms in total. The molecular weight excluding hydrogens is 478 g/mol. The van der Waals surface area contributed by atoms with E-state index >= 15 is 0 Å². The highest BCUT2D eigenvalue weighted by molar-refractivity contribution is 5.93. The summed E-state index contributed by atoms with van der Waals surface area (Å²) in [5.41, 5.74) is 7.46. The molecule has 0 N–H and O–H groups in total. The first-order valence-electron chi connectivity index (χ1n) is 13.3. The average Bonchev–Trinajstić information content (AvgIpc) is 3.25. The first kappa shape index (κ1) is 24.6. The van der Waals surface area contributed by atoms with Crippen molar-refractivity contribution < 1.29 is 19.0 Å². The molecule has 7 heteroatoms. The summed E-state index contributed by atoms with van der Waals surface area (Å²) in [6, 6.07) is 20.5. The van der Waals surface area contributed by atoms with Crippen LogP contribution in [0.5, 0.6) is 5.75 Å². The van der Waals surface area contributed by atoms with Crippen molar-refractivity contribution in [2.75, 3.05) is 20.3 Å². The van der Waals surface area contributed by atoms with Crippen molar-refractivity contribution in [1.82, 2.24) is 14.5 Å². The summed E-state index contributed by atoms with van der Waals surface area (Å²) in [5.74, 6) is 1.55. The van der Waals surface area contributed by atoms with Crippen molar-refractivity contribution in [3.63, 3.8) is 0 Å². The fourth-order valence-electron chi connectivity index (χ4n) is 5.24. The van der Waals surface area contributed by atoms with Gasteiger partial charge in [-0.1, -0.05) is 35.9 Å². The molecule has 2 aliphatic rings. The second kappa shape index (κ2) is 10.6. The monoisotopic (exact) mass is 511 g/mol. The highest BCUT2D eigenvalue weighted by Crippen LogP contribution is 2.28. The number of fused-ring (bicyclic) bond motifs is 2. The predicted octanol–water partition coefficient (Wildman–Crippen LogP) is 5.06. The first-order valence-corrected chi connectivity index (χ1v) is 13.3. The van der Waals surface area contributed by atoms with Gasteiger partial charge >= 0.3 is 5.97 Å². The lowest BCUT2D eigenvalue weighted by atomic mass is 9.99. The summed E-state index contributed by atoms with van der Waals surface area (Å²) in [6.07, 6.45) is 2.22. The lowest BCUT2D eigenvalue weighted by Gasteiger charge is -2.30. The Morgan fingerprint density at radius 2 is 1.92 bits per heavy atom. The van der Waals surface area contributed by atoms with Crippen LogP contribution in [0.2, 0.25) is 0 Å². The Labute approximate surface area is 222 Å². The maximum Gasteiger partial charge on any atom is 0.337 e. The van der Waals surface area contributed by atoms with Gasteiger partial charge in [0, 0.05) is 19.7 Å². The van der Waals surface area contributed by atoms with E-state index in [0.29, 0.717) is 12.2 Å². The zero-order chi connectivity index (χ0) is 26.1. The molecule has 1 aromatic heterocycles. The van der Waals surface area contributed by atoms with Gasteiger partial charge in [-0.25, -0.2) is 9.78 Å². The van der Waals surface area contributed by atoms with Crippen molar-refractivity contribution >= 4 is 17.0 Å². The van der Waals surface area contributed by atoms with Gasteiger partial charge in [0.15, 0.2) is 0 Å². The van der Waals surface area contributed by atoms with Gasteiger partial charge in [-0.2, -0.15) is 0 Å². The molecule has 4 aromatic rings.